The number of amides is 1. The second kappa shape index (κ2) is 11.4. The van der Waals surface area contributed by atoms with Gasteiger partial charge in [-0.2, -0.15) is 0 Å². The first-order chi connectivity index (χ1) is 20.2. The number of imidazole rings is 1. The maximum Gasteiger partial charge on any atom is 0.439 e. The Balaban J connectivity index is 1.55. The monoisotopic (exact) mass is 594 g/mol. The number of halogens is 1. The van der Waals surface area contributed by atoms with Gasteiger partial charge in [0.1, 0.15) is 5.69 Å². The fourth-order valence-corrected chi connectivity index (χ4v) is 6.66. The summed E-state index contributed by atoms with van der Waals surface area (Å²) in [6.07, 6.45) is 7.65. The number of rotatable bonds is 5. The smallest absolute Gasteiger partial charge is 0.439 e. The van der Waals surface area contributed by atoms with Crippen LogP contribution in [0.1, 0.15) is 46.5 Å². The van der Waals surface area contributed by atoms with Crippen LogP contribution in [0.3, 0.4) is 0 Å². The molecule has 2 fully saturated rings. The van der Waals surface area contributed by atoms with Gasteiger partial charge in [0.15, 0.2) is 0 Å². The van der Waals surface area contributed by atoms with Gasteiger partial charge in [0.05, 0.1) is 28.9 Å². The van der Waals surface area contributed by atoms with Gasteiger partial charge in [-0.3, -0.25) is 14.5 Å². The van der Waals surface area contributed by atoms with E-state index in [1.54, 1.807) is 17.3 Å². The number of H-pyrrole nitrogens is 1. The summed E-state index contributed by atoms with van der Waals surface area (Å²) in [5, 5.41) is 4.36. The number of nitrogens with zero attached hydrogens (tertiary/aromatic N) is 7. The van der Waals surface area contributed by atoms with E-state index < -0.39 is 5.76 Å². The highest BCUT2D eigenvalue weighted by Gasteiger charge is 2.36. The van der Waals surface area contributed by atoms with Crippen LogP contribution in [0.5, 0.6) is 0 Å². The van der Waals surface area contributed by atoms with Crippen LogP contribution in [0.4, 0.5) is 10.7 Å². The molecule has 222 valence electrons. The first kappa shape index (κ1) is 28.2. The number of aromatic nitrogens is 6. The number of aromatic amines is 1. The number of carbonyl (C=O) groups is 1. The highest BCUT2D eigenvalue weighted by atomic mass is 35.5. The molecule has 13 heteroatoms. The Morgan fingerprint density at radius 2 is 1.83 bits per heavy atom. The molecular weight excluding hydrogens is 560 g/mol. The Morgan fingerprint density at radius 1 is 1.10 bits per heavy atom. The first-order valence-electron chi connectivity index (χ1n) is 14.4. The van der Waals surface area contributed by atoms with Crippen molar-refractivity contribution in [2.75, 3.05) is 25.1 Å². The van der Waals surface area contributed by atoms with Crippen molar-refractivity contribution in [1.29, 1.82) is 0 Å². The molecule has 2 atom stereocenters. The summed E-state index contributed by atoms with van der Waals surface area (Å²) in [6, 6.07) is 3.61. The normalized spacial score (nSPS) is 23.0. The van der Waals surface area contributed by atoms with E-state index in [-0.39, 0.29) is 24.0 Å². The minimum Gasteiger partial charge on any atom is -0.453 e. The van der Waals surface area contributed by atoms with Gasteiger partial charge in [-0.1, -0.05) is 36.5 Å². The van der Waals surface area contributed by atoms with Crippen molar-refractivity contribution in [3.05, 3.63) is 40.1 Å². The molecule has 1 aliphatic heterocycles. The predicted molar refractivity (Wildman–Crippen MR) is 158 cm³/mol. The number of hydrogen-bond donors (Lipinski definition) is 1. The van der Waals surface area contributed by atoms with Gasteiger partial charge in [0.2, 0.25) is 11.8 Å². The molecule has 1 saturated carbocycles. The van der Waals surface area contributed by atoms with Crippen molar-refractivity contribution in [2.24, 2.45) is 11.8 Å². The molecule has 42 heavy (non-hydrogen) atoms. The lowest BCUT2D eigenvalue weighted by Crippen LogP contribution is -2.59. The zero-order chi connectivity index (χ0) is 29.5. The molecule has 0 bridgehead atoms. The summed E-state index contributed by atoms with van der Waals surface area (Å²) < 4.78 is 12.1. The highest BCUT2D eigenvalue weighted by molar-refractivity contribution is 6.30. The molecular formula is C29H35ClN8O4. The molecule has 12 nitrogen and oxygen atoms in total. The molecule has 4 aromatic heterocycles. The molecule has 5 heterocycles. The number of fused-ring (bicyclic) bond motifs is 1. The van der Waals surface area contributed by atoms with Crippen molar-refractivity contribution in [1.82, 2.24) is 34.6 Å². The number of nitrogens with one attached hydrogen (secondary N) is 1. The second-order valence-electron chi connectivity index (χ2n) is 11.7. The van der Waals surface area contributed by atoms with Crippen LogP contribution < -0.4 is 10.7 Å². The summed E-state index contributed by atoms with van der Waals surface area (Å²) in [4.78, 5) is 45.4. The zero-order valence-electron chi connectivity index (χ0n) is 24.2. The number of carbonyl (C=O) groups excluding carboxylic acids is 1. The van der Waals surface area contributed by atoms with Crippen molar-refractivity contribution in [3.63, 3.8) is 0 Å². The predicted octanol–water partition coefficient (Wildman–Crippen LogP) is 4.98. The van der Waals surface area contributed by atoms with Gasteiger partial charge < -0.3 is 19.1 Å². The number of ether oxygens (including phenoxy) is 1. The molecule has 1 aliphatic carbocycles. The van der Waals surface area contributed by atoms with E-state index >= 15 is 0 Å². The van der Waals surface area contributed by atoms with Gasteiger partial charge in [-0.25, -0.2) is 19.6 Å². The molecule has 1 unspecified atom stereocenters. The number of methoxy groups -OCH3 is 1. The maximum atomic E-state index is 12.4. The Kier molecular flexibility index (Phi) is 7.65. The lowest BCUT2D eigenvalue weighted by atomic mass is 9.83. The number of anilines is 1. The highest BCUT2D eigenvalue weighted by Crippen LogP contribution is 2.38. The van der Waals surface area contributed by atoms with Crippen LogP contribution in [0.2, 0.25) is 5.02 Å². The molecule has 0 radical (unpaired) electrons. The zero-order valence-corrected chi connectivity index (χ0v) is 25.0. The molecule has 0 spiro atoms. The Hall–Kier alpha value is -3.93. The lowest BCUT2D eigenvalue weighted by molar-refractivity contribution is 0.108. The molecule has 6 rings (SSSR count). The minimum atomic E-state index is -0.665. The third-order valence-corrected chi connectivity index (χ3v) is 8.73. The topological polar surface area (TPSA) is 135 Å². The van der Waals surface area contributed by atoms with Crippen LogP contribution in [0, 0.1) is 11.8 Å². The van der Waals surface area contributed by atoms with Crippen LogP contribution in [0.15, 0.2) is 33.8 Å². The van der Waals surface area contributed by atoms with E-state index in [1.807, 2.05) is 12.1 Å². The summed E-state index contributed by atoms with van der Waals surface area (Å²) in [7, 11) is 1.41. The van der Waals surface area contributed by atoms with E-state index in [1.165, 1.54) is 20.0 Å². The second-order valence-corrected chi connectivity index (χ2v) is 12.1. The fourth-order valence-electron chi connectivity index (χ4n) is 6.48. The maximum absolute atomic E-state index is 12.4. The van der Waals surface area contributed by atoms with Crippen LogP contribution in [-0.2, 0) is 11.3 Å². The number of piperazine rings is 1. The van der Waals surface area contributed by atoms with Gasteiger partial charge in [-0.05, 0) is 50.7 Å². The Morgan fingerprint density at radius 3 is 2.48 bits per heavy atom. The van der Waals surface area contributed by atoms with E-state index in [9.17, 15) is 9.59 Å². The summed E-state index contributed by atoms with van der Waals surface area (Å²) >= 11 is 6.39. The molecule has 4 aromatic rings. The summed E-state index contributed by atoms with van der Waals surface area (Å²) in [5.74, 6) is 1.58. The standard InChI is InChI=1S/C29H35ClN8O4/c1-16-5-7-19(8-6-16)15-37-25-22(33-27(37)38-17(2)13-36(14-18(38)3)29(40)41-4)10-23(26-34-28(39)42-35-26)32-24(25)20-9-21(30)12-31-11-20/h9-12,16-19H,5-8,13-15H2,1-4H3,(H,34,35,39)/t16?,17-,18?,19?/m1/s1. The van der Waals surface area contributed by atoms with Crippen LogP contribution >= 0.6 is 11.6 Å². The molecule has 1 amide bonds. The Bertz CT molecular complexity index is 1640. The van der Waals surface area contributed by atoms with Crippen LogP contribution in [0.25, 0.3) is 33.8 Å². The van der Waals surface area contributed by atoms with Crippen LogP contribution in [-0.4, -0.2) is 72.9 Å². The summed E-state index contributed by atoms with van der Waals surface area (Å²) in [5.41, 5.74) is 3.34. The van der Waals surface area contributed by atoms with Gasteiger partial charge in [0.25, 0.3) is 0 Å². The minimum absolute atomic E-state index is 0.0228. The Labute approximate surface area is 248 Å². The number of hydrogen-bond acceptors (Lipinski definition) is 9. The SMILES string of the molecule is COC(=O)N1CC(C)N(c2nc3cc(-c4noc(=O)[nH]4)nc(-c4cncc(Cl)c4)c3n2CC2CCC(C)CC2)[C@H](C)C1. The van der Waals surface area contributed by atoms with Gasteiger partial charge in [-0.15, -0.1) is 0 Å². The molecule has 1 saturated heterocycles. The first-order valence-corrected chi connectivity index (χ1v) is 14.8. The van der Waals surface area contributed by atoms with Crippen molar-refractivity contribution >= 4 is 34.7 Å². The average Bonchev–Trinajstić information content (AvgIpc) is 3.56. The third kappa shape index (κ3) is 5.35. The molecule has 1 N–H and O–H groups in total. The quantitative estimate of drug-likeness (QED) is 0.339. The lowest BCUT2D eigenvalue weighted by Gasteiger charge is -2.44. The third-order valence-electron chi connectivity index (χ3n) is 8.52. The van der Waals surface area contributed by atoms with E-state index in [0.717, 1.165) is 42.3 Å². The van der Waals surface area contributed by atoms with Crippen molar-refractivity contribution in [3.8, 4) is 22.8 Å². The van der Waals surface area contributed by atoms with E-state index in [0.29, 0.717) is 40.9 Å². The van der Waals surface area contributed by atoms with Crippen molar-refractivity contribution in [2.45, 2.75) is 65.1 Å². The molecule has 0 aromatic carbocycles. The van der Waals surface area contributed by atoms with Gasteiger partial charge >= 0.3 is 11.8 Å². The largest absolute Gasteiger partial charge is 0.453 e. The number of pyridine rings is 2. The van der Waals surface area contributed by atoms with E-state index in [4.69, 9.17) is 30.8 Å². The molecule has 2 aliphatic rings. The van der Waals surface area contributed by atoms with E-state index in [2.05, 4.69) is 45.4 Å². The van der Waals surface area contributed by atoms with Gasteiger partial charge in [0, 0.05) is 49.7 Å². The van der Waals surface area contributed by atoms with Crippen molar-refractivity contribution < 1.29 is 14.1 Å². The summed E-state index contributed by atoms with van der Waals surface area (Å²) in [6.45, 7) is 8.32. The average molecular weight is 595 g/mol. The fraction of sp³-hybridized carbons (Fsp3) is 0.517.